The van der Waals surface area contributed by atoms with Crippen LogP contribution in [0.5, 0.6) is 5.75 Å². The molecule has 0 radical (unpaired) electrons. The third-order valence-corrected chi connectivity index (χ3v) is 2.95. The molecule has 4 nitrogen and oxygen atoms in total. The molecule has 2 aromatic carbocycles. The summed E-state index contributed by atoms with van der Waals surface area (Å²) in [5.41, 5.74) is 1.54. The maximum Gasteiger partial charge on any atom is 0.261 e. The van der Waals surface area contributed by atoms with E-state index in [4.69, 9.17) is 10.00 Å². The monoisotopic (exact) mass is 280 g/mol. The van der Waals surface area contributed by atoms with Crippen LogP contribution < -0.4 is 10.1 Å². The van der Waals surface area contributed by atoms with Crippen molar-refractivity contribution in [2.45, 2.75) is 19.6 Å². The fraction of sp³-hybridized carbons (Fsp3) is 0.176. The normalized spacial score (nSPS) is 11.2. The minimum absolute atomic E-state index is 0.193. The van der Waals surface area contributed by atoms with E-state index >= 15 is 0 Å². The van der Waals surface area contributed by atoms with Crippen molar-refractivity contribution in [2.24, 2.45) is 0 Å². The molecule has 2 aromatic rings. The second kappa shape index (κ2) is 7.11. The predicted molar refractivity (Wildman–Crippen MR) is 79.5 cm³/mol. The van der Waals surface area contributed by atoms with Crippen molar-refractivity contribution in [3.63, 3.8) is 0 Å². The van der Waals surface area contributed by atoms with Crippen LogP contribution in [-0.2, 0) is 11.3 Å². The molecule has 0 saturated carbocycles. The molecule has 0 fully saturated rings. The van der Waals surface area contributed by atoms with Gasteiger partial charge in [-0.3, -0.25) is 4.79 Å². The fourth-order valence-electron chi connectivity index (χ4n) is 1.83. The number of rotatable bonds is 5. The van der Waals surface area contributed by atoms with Crippen molar-refractivity contribution < 1.29 is 9.53 Å². The number of ether oxygens (including phenoxy) is 1. The molecule has 4 heteroatoms. The zero-order valence-corrected chi connectivity index (χ0v) is 11.7. The van der Waals surface area contributed by atoms with Gasteiger partial charge in [0, 0.05) is 6.54 Å². The number of nitrogens with zero attached hydrogens (tertiary/aromatic N) is 1. The maximum atomic E-state index is 12.0. The zero-order chi connectivity index (χ0) is 15.1. The molecule has 0 unspecified atom stereocenters. The van der Waals surface area contributed by atoms with Gasteiger partial charge in [0.2, 0.25) is 0 Å². The lowest BCUT2D eigenvalue weighted by Crippen LogP contribution is -2.35. The lowest BCUT2D eigenvalue weighted by Gasteiger charge is -2.14. The van der Waals surface area contributed by atoms with Crippen molar-refractivity contribution >= 4 is 5.91 Å². The highest BCUT2D eigenvalue weighted by atomic mass is 16.5. The highest BCUT2D eigenvalue weighted by molar-refractivity contribution is 5.80. The number of nitriles is 1. The van der Waals surface area contributed by atoms with E-state index in [1.807, 2.05) is 36.4 Å². The van der Waals surface area contributed by atoms with Crippen molar-refractivity contribution in [1.82, 2.24) is 5.32 Å². The summed E-state index contributed by atoms with van der Waals surface area (Å²) >= 11 is 0. The molecule has 0 aliphatic rings. The maximum absolute atomic E-state index is 12.0. The number of benzene rings is 2. The number of amides is 1. The topological polar surface area (TPSA) is 62.1 Å². The molecule has 0 saturated heterocycles. The number of carbonyl (C=O) groups excluding carboxylic acids is 1. The van der Waals surface area contributed by atoms with Crippen LogP contribution in [0.1, 0.15) is 18.1 Å². The van der Waals surface area contributed by atoms with Crippen molar-refractivity contribution in [3.05, 3.63) is 65.7 Å². The third-order valence-electron chi connectivity index (χ3n) is 2.95. The van der Waals surface area contributed by atoms with Crippen molar-refractivity contribution in [3.8, 4) is 11.8 Å². The summed E-state index contributed by atoms with van der Waals surface area (Å²) in [6.07, 6.45) is -0.623. The average Bonchev–Trinajstić information content (AvgIpc) is 2.53. The standard InChI is InChI=1S/C17H16N2O2/c1-13(21-16-9-5-8-15(10-16)11-18)17(20)19-12-14-6-3-2-4-7-14/h2-10,13H,12H2,1H3,(H,19,20)/t13-/m1/s1. The molecule has 0 aliphatic heterocycles. The van der Waals surface area contributed by atoms with Gasteiger partial charge in [-0.15, -0.1) is 0 Å². The molecule has 2 rings (SSSR count). The summed E-state index contributed by atoms with van der Waals surface area (Å²) in [5.74, 6) is 0.317. The Morgan fingerprint density at radius 3 is 2.71 bits per heavy atom. The second-order valence-corrected chi connectivity index (χ2v) is 4.60. The van der Waals surface area contributed by atoms with E-state index in [0.29, 0.717) is 17.9 Å². The Morgan fingerprint density at radius 1 is 1.24 bits per heavy atom. The first-order chi connectivity index (χ1) is 10.2. The molecule has 0 aromatic heterocycles. The Hall–Kier alpha value is -2.80. The Kier molecular flexibility index (Phi) is 4.94. The highest BCUT2D eigenvalue weighted by Gasteiger charge is 2.14. The van der Waals surface area contributed by atoms with Crippen LogP contribution in [0.2, 0.25) is 0 Å². The molecule has 1 N–H and O–H groups in total. The largest absolute Gasteiger partial charge is 0.481 e. The first-order valence-corrected chi connectivity index (χ1v) is 6.67. The van der Waals surface area contributed by atoms with Crippen molar-refractivity contribution in [2.75, 3.05) is 0 Å². The zero-order valence-electron chi connectivity index (χ0n) is 11.7. The summed E-state index contributed by atoms with van der Waals surface area (Å²) in [6.45, 7) is 2.14. The molecular weight excluding hydrogens is 264 g/mol. The van der Waals surface area contributed by atoms with Gasteiger partial charge in [0.1, 0.15) is 5.75 Å². The summed E-state index contributed by atoms with van der Waals surface area (Å²) < 4.78 is 5.54. The molecular formula is C17H16N2O2. The van der Waals surface area contributed by atoms with Gasteiger partial charge in [-0.05, 0) is 30.7 Å². The van der Waals surface area contributed by atoms with Gasteiger partial charge in [0.15, 0.2) is 6.10 Å². The minimum atomic E-state index is -0.623. The molecule has 21 heavy (non-hydrogen) atoms. The lowest BCUT2D eigenvalue weighted by molar-refractivity contribution is -0.127. The third kappa shape index (κ3) is 4.36. The van der Waals surface area contributed by atoms with Crippen LogP contribution in [0, 0.1) is 11.3 Å². The van der Waals surface area contributed by atoms with E-state index in [9.17, 15) is 4.79 Å². The molecule has 1 atom stereocenters. The Labute approximate surface area is 124 Å². The van der Waals surface area contributed by atoms with Crippen LogP contribution in [0.25, 0.3) is 0 Å². The SMILES string of the molecule is C[C@@H](Oc1cccc(C#N)c1)C(=O)NCc1ccccc1. The molecule has 0 aliphatic carbocycles. The quantitative estimate of drug-likeness (QED) is 0.915. The number of carbonyl (C=O) groups is 1. The van der Waals surface area contributed by atoms with Crippen LogP contribution in [0.4, 0.5) is 0 Å². The van der Waals surface area contributed by atoms with E-state index < -0.39 is 6.10 Å². The summed E-state index contributed by atoms with van der Waals surface area (Å²) in [7, 11) is 0. The molecule has 0 bridgehead atoms. The first kappa shape index (κ1) is 14.6. The summed E-state index contributed by atoms with van der Waals surface area (Å²) in [4.78, 5) is 12.0. The van der Waals surface area contributed by atoms with Gasteiger partial charge in [-0.2, -0.15) is 5.26 Å². The van der Waals surface area contributed by atoms with Gasteiger partial charge in [-0.1, -0.05) is 36.4 Å². The minimum Gasteiger partial charge on any atom is -0.481 e. The molecule has 106 valence electrons. The number of nitrogens with one attached hydrogen (secondary N) is 1. The second-order valence-electron chi connectivity index (χ2n) is 4.60. The van der Waals surface area contributed by atoms with Crippen LogP contribution in [0.15, 0.2) is 54.6 Å². The molecule has 0 heterocycles. The predicted octanol–water partition coefficient (Wildman–Crippen LogP) is 2.64. The van der Waals surface area contributed by atoms with E-state index in [-0.39, 0.29) is 5.91 Å². The Bertz CT molecular complexity index is 647. The highest BCUT2D eigenvalue weighted by Crippen LogP contribution is 2.14. The van der Waals surface area contributed by atoms with E-state index in [2.05, 4.69) is 5.32 Å². The van der Waals surface area contributed by atoms with Gasteiger partial charge in [0.25, 0.3) is 5.91 Å². The van der Waals surface area contributed by atoms with Gasteiger partial charge in [0.05, 0.1) is 11.6 Å². The number of hydrogen-bond donors (Lipinski definition) is 1. The average molecular weight is 280 g/mol. The summed E-state index contributed by atoms with van der Waals surface area (Å²) in [6, 6.07) is 18.5. The lowest BCUT2D eigenvalue weighted by atomic mass is 10.2. The van der Waals surface area contributed by atoms with Crippen LogP contribution >= 0.6 is 0 Å². The van der Waals surface area contributed by atoms with E-state index in [0.717, 1.165) is 5.56 Å². The van der Waals surface area contributed by atoms with Crippen LogP contribution in [-0.4, -0.2) is 12.0 Å². The summed E-state index contributed by atoms with van der Waals surface area (Å²) in [5, 5.41) is 11.6. The molecule has 0 spiro atoms. The van der Waals surface area contributed by atoms with Gasteiger partial charge >= 0.3 is 0 Å². The Morgan fingerprint density at radius 2 is 2.00 bits per heavy atom. The van der Waals surface area contributed by atoms with Crippen molar-refractivity contribution in [1.29, 1.82) is 5.26 Å². The fourth-order valence-corrected chi connectivity index (χ4v) is 1.83. The smallest absolute Gasteiger partial charge is 0.261 e. The number of hydrogen-bond acceptors (Lipinski definition) is 3. The molecule has 1 amide bonds. The first-order valence-electron chi connectivity index (χ1n) is 6.67. The Balaban J connectivity index is 1.89. The van der Waals surface area contributed by atoms with Crippen LogP contribution in [0.3, 0.4) is 0 Å². The van der Waals surface area contributed by atoms with E-state index in [1.54, 1.807) is 31.2 Å². The van der Waals surface area contributed by atoms with E-state index in [1.165, 1.54) is 0 Å². The van der Waals surface area contributed by atoms with Gasteiger partial charge < -0.3 is 10.1 Å². The van der Waals surface area contributed by atoms with Gasteiger partial charge in [-0.25, -0.2) is 0 Å².